The minimum atomic E-state index is 0.232. The molecule has 1 unspecified atom stereocenters. The Bertz CT molecular complexity index is 963. The highest BCUT2D eigenvalue weighted by Gasteiger charge is 2.13. The maximum atomic E-state index is 9.61. The van der Waals surface area contributed by atoms with Crippen LogP contribution in [-0.4, -0.2) is 5.11 Å². The predicted octanol–water partition coefficient (Wildman–Crippen LogP) is 6.64. The van der Waals surface area contributed by atoms with Crippen LogP contribution >= 0.6 is 0 Å². The summed E-state index contributed by atoms with van der Waals surface area (Å²) in [6.45, 7) is 6.56. The molecule has 0 saturated carbocycles. The second-order valence-corrected chi connectivity index (χ2v) is 7.99. The molecule has 0 aliphatic heterocycles. The van der Waals surface area contributed by atoms with E-state index in [1.807, 2.05) is 18.2 Å². The zero-order chi connectivity index (χ0) is 21.5. The molecule has 0 heterocycles. The first-order valence-corrected chi connectivity index (χ1v) is 11.1. The van der Waals surface area contributed by atoms with Crippen LogP contribution in [0.2, 0.25) is 0 Å². The standard InChI is InChI=1S/C27H34N2O/c1-4-7-26(23-10-12-24(30)13-11-23)29-27-15-9-20(18-22(27)6-3)16-19-8-14-25(28)21(5-2)17-19/h8-15,17-18,26,29-30H,4-7,16,28H2,1-3H3. The van der Waals surface area contributed by atoms with E-state index in [-0.39, 0.29) is 6.04 Å². The summed E-state index contributed by atoms with van der Waals surface area (Å²) in [6.07, 6.45) is 4.98. The van der Waals surface area contributed by atoms with Crippen LogP contribution in [-0.2, 0) is 19.3 Å². The molecule has 1 atom stereocenters. The smallest absolute Gasteiger partial charge is 0.115 e. The normalized spacial score (nSPS) is 12.0. The third-order valence-electron chi connectivity index (χ3n) is 5.75. The van der Waals surface area contributed by atoms with Gasteiger partial charge in [-0.05, 0) is 77.8 Å². The van der Waals surface area contributed by atoms with E-state index >= 15 is 0 Å². The molecule has 0 amide bonds. The number of nitrogens with one attached hydrogen (secondary N) is 1. The largest absolute Gasteiger partial charge is 0.508 e. The van der Waals surface area contributed by atoms with Crippen LogP contribution in [0.3, 0.4) is 0 Å². The molecular formula is C27H34N2O. The van der Waals surface area contributed by atoms with Gasteiger partial charge in [0, 0.05) is 11.4 Å². The molecule has 30 heavy (non-hydrogen) atoms. The van der Waals surface area contributed by atoms with E-state index < -0.39 is 0 Å². The molecule has 0 spiro atoms. The fraction of sp³-hybridized carbons (Fsp3) is 0.333. The van der Waals surface area contributed by atoms with Gasteiger partial charge in [0.15, 0.2) is 0 Å². The minimum absolute atomic E-state index is 0.232. The summed E-state index contributed by atoms with van der Waals surface area (Å²) in [5, 5.41) is 13.4. The Kier molecular flexibility index (Phi) is 7.40. The average molecular weight is 403 g/mol. The van der Waals surface area contributed by atoms with Crippen molar-refractivity contribution in [3.8, 4) is 5.75 Å². The van der Waals surface area contributed by atoms with E-state index in [9.17, 15) is 5.11 Å². The lowest BCUT2D eigenvalue weighted by Crippen LogP contribution is -2.12. The molecule has 3 heteroatoms. The predicted molar refractivity (Wildman–Crippen MR) is 128 cm³/mol. The second-order valence-electron chi connectivity index (χ2n) is 7.99. The number of benzene rings is 3. The van der Waals surface area contributed by atoms with Crippen molar-refractivity contribution in [2.24, 2.45) is 0 Å². The first kappa shape index (κ1) is 21.8. The molecule has 158 valence electrons. The highest BCUT2D eigenvalue weighted by molar-refractivity contribution is 5.55. The van der Waals surface area contributed by atoms with Crippen LogP contribution in [0, 0.1) is 0 Å². The Morgan fingerprint density at radius 1 is 0.833 bits per heavy atom. The number of aromatic hydroxyl groups is 1. The molecule has 3 nitrogen and oxygen atoms in total. The number of hydrogen-bond donors (Lipinski definition) is 3. The Balaban J connectivity index is 1.81. The molecule has 0 fully saturated rings. The fourth-order valence-corrected chi connectivity index (χ4v) is 4.01. The monoisotopic (exact) mass is 402 g/mol. The number of nitrogens with two attached hydrogens (primary N) is 1. The van der Waals surface area contributed by atoms with Gasteiger partial charge in [0.2, 0.25) is 0 Å². The summed E-state index contributed by atoms with van der Waals surface area (Å²) < 4.78 is 0. The minimum Gasteiger partial charge on any atom is -0.508 e. The lowest BCUT2D eigenvalue weighted by molar-refractivity contribution is 0.475. The van der Waals surface area contributed by atoms with Crippen molar-refractivity contribution >= 4 is 11.4 Å². The van der Waals surface area contributed by atoms with Gasteiger partial charge in [-0.3, -0.25) is 0 Å². The molecule has 0 aromatic heterocycles. The number of rotatable bonds is 9. The van der Waals surface area contributed by atoms with Crippen LogP contribution in [0.5, 0.6) is 5.75 Å². The van der Waals surface area contributed by atoms with Gasteiger partial charge >= 0.3 is 0 Å². The van der Waals surface area contributed by atoms with Gasteiger partial charge in [-0.25, -0.2) is 0 Å². The molecule has 0 bridgehead atoms. The Morgan fingerprint density at radius 3 is 2.10 bits per heavy atom. The van der Waals surface area contributed by atoms with E-state index in [4.69, 9.17) is 5.73 Å². The number of hydrogen-bond acceptors (Lipinski definition) is 3. The van der Waals surface area contributed by atoms with Gasteiger partial charge in [0.05, 0.1) is 6.04 Å². The van der Waals surface area contributed by atoms with Crippen molar-refractivity contribution in [2.45, 2.75) is 58.9 Å². The molecular weight excluding hydrogens is 368 g/mol. The summed E-state index contributed by atoms with van der Waals surface area (Å²) in [6, 6.07) is 20.9. The highest BCUT2D eigenvalue weighted by atomic mass is 16.3. The summed E-state index contributed by atoms with van der Waals surface area (Å²) in [5.41, 5.74) is 14.5. The Morgan fingerprint density at radius 2 is 1.47 bits per heavy atom. The zero-order valence-corrected chi connectivity index (χ0v) is 18.4. The number of phenolic OH excluding ortho intramolecular Hbond substituents is 1. The molecule has 0 aliphatic carbocycles. The van der Waals surface area contributed by atoms with E-state index in [0.717, 1.165) is 37.8 Å². The number of anilines is 2. The van der Waals surface area contributed by atoms with E-state index in [1.54, 1.807) is 12.1 Å². The third kappa shape index (κ3) is 5.35. The van der Waals surface area contributed by atoms with Gasteiger partial charge in [0.1, 0.15) is 5.75 Å². The zero-order valence-electron chi connectivity index (χ0n) is 18.4. The molecule has 0 aliphatic rings. The third-order valence-corrected chi connectivity index (χ3v) is 5.75. The molecule has 0 radical (unpaired) electrons. The highest BCUT2D eigenvalue weighted by Crippen LogP contribution is 2.29. The first-order valence-electron chi connectivity index (χ1n) is 11.1. The van der Waals surface area contributed by atoms with E-state index in [2.05, 4.69) is 56.4 Å². The molecule has 0 saturated heterocycles. The SMILES string of the molecule is CCCC(Nc1ccc(Cc2ccc(N)c(CC)c2)cc1CC)c1ccc(O)cc1. The summed E-state index contributed by atoms with van der Waals surface area (Å²) in [4.78, 5) is 0. The first-order chi connectivity index (χ1) is 14.5. The lowest BCUT2D eigenvalue weighted by atomic mass is 9.97. The fourth-order valence-electron chi connectivity index (χ4n) is 4.01. The van der Waals surface area contributed by atoms with Gasteiger partial charge in [-0.2, -0.15) is 0 Å². The van der Waals surface area contributed by atoms with Gasteiger partial charge in [0.25, 0.3) is 0 Å². The van der Waals surface area contributed by atoms with E-state index in [1.165, 1.54) is 33.5 Å². The molecule has 3 rings (SSSR count). The van der Waals surface area contributed by atoms with Crippen molar-refractivity contribution in [1.82, 2.24) is 0 Å². The lowest BCUT2D eigenvalue weighted by Gasteiger charge is -2.22. The second kappa shape index (κ2) is 10.2. The Labute approximate surface area is 181 Å². The van der Waals surface area contributed by atoms with Gasteiger partial charge in [-0.1, -0.05) is 63.6 Å². The molecule has 3 aromatic rings. The van der Waals surface area contributed by atoms with Crippen molar-refractivity contribution in [3.05, 3.63) is 88.5 Å². The summed E-state index contributed by atoms with van der Waals surface area (Å²) >= 11 is 0. The average Bonchev–Trinajstić information content (AvgIpc) is 2.76. The van der Waals surface area contributed by atoms with Crippen molar-refractivity contribution in [2.75, 3.05) is 11.1 Å². The number of nitrogen functional groups attached to an aromatic ring is 1. The van der Waals surface area contributed by atoms with Crippen molar-refractivity contribution < 1.29 is 5.11 Å². The van der Waals surface area contributed by atoms with Gasteiger partial charge < -0.3 is 16.2 Å². The molecule has 3 aromatic carbocycles. The Hall–Kier alpha value is -2.94. The van der Waals surface area contributed by atoms with Crippen molar-refractivity contribution in [1.29, 1.82) is 0 Å². The molecule has 4 N–H and O–H groups in total. The van der Waals surface area contributed by atoms with Crippen molar-refractivity contribution in [3.63, 3.8) is 0 Å². The maximum Gasteiger partial charge on any atom is 0.115 e. The van der Waals surface area contributed by atoms with Crippen LogP contribution in [0.15, 0.2) is 60.7 Å². The van der Waals surface area contributed by atoms with Crippen LogP contribution in [0.1, 0.15) is 67.5 Å². The number of aryl methyl sites for hydroxylation is 2. The van der Waals surface area contributed by atoms with Crippen LogP contribution < -0.4 is 11.1 Å². The van der Waals surface area contributed by atoms with E-state index in [0.29, 0.717) is 5.75 Å². The van der Waals surface area contributed by atoms with Gasteiger partial charge in [-0.15, -0.1) is 0 Å². The quantitative estimate of drug-likeness (QED) is 0.351. The number of phenols is 1. The summed E-state index contributed by atoms with van der Waals surface area (Å²) in [7, 11) is 0. The summed E-state index contributed by atoms with van der Waals surface area (Å²) in [5.74, 6) is 0.307. The van der Waals surface area contributed by atoms with Crippen LogP contribution in [0.4, 0.5) is 11.4 Å². The maximum absolute atomic E-state index is 9.61. The van der Waals surface area contributed by atoms with Crippen LogP contribution in [0.25, 0.3) is 0 Å². The topological polar surface area (TPSA) is 58.3 Å².